The fourth-order valence-corrected chi connectivity index (χ4v) is 1.80. The van der Waals surface area contributed by atoms with Gasteiger partial charge in [-0.25, -0.2) is 4.68 Å². The molecular weight excluding hydrogens is 186 g/mol. The quantitative estimate of drug-likeness (QED) is 0.801. The summed E-state index contributed by atoms with van der Waals surface area (Å²) in [6.45, 7) is 0. The summed E-state index contributed by atoms with van der Waals surface area (Å²) in [4.78, 5) is 0. The Kier molecular flexibility index (Phi) is 1.70. The molecule has 2 aromatic rings. The minimum Gasteiger partial charge on any atom is -0.321 e. The summed E-state index contributed by atoms with van der Waals surface area (Å²) >= 11 is 0. The van der Waals surface area contributed by atoms with Gasteiger partial charge in [-0.05, 0) is 36.6 Å². The molecular formula is C12H13N3. The van der Waals surface area contributed by atoms with Gasteiger partial charge in [0.25, 0.3) is 0 Å². The lowest BCUT2D eigenvalue weighted by atomic mass is 10.1. The highest BCUT2D eigenvalue weighted by Gasteiger charge is 2.39. The second kappa shape index (κ2) is 2.94. The van der Waals surface area contributed by atoms with Gasteiger partial charge in [-0.2, -0.15) is 5.10 Å². The van der Waals surface area contributed by atoms with Gasteiger partial charge in [0.15, 0.2) is 0 Å². The van der Waals surface area contributed by atoms with Crippen LogP contribution in [0.4, 0.5) is 0 Å². The van der Waals surface area contributed by atoms with Crippen LogP contribution in [-0.4, -0.2) is 9.78 Å². The molecule has 1 aliphatic rings. The minimum atomic E-state index is -0.0663. The molecule has 1 fully saturated rings. The molecule has 1 aromatic carbocycles. The van der Waals surface area contributed by atoms with E-state index in [1.54, 1.807) is 6.20 Å². The molecule has 0 saturated heterocycles. The van der Waals surface area contributed by atoms with Crippen molar-refractivity contribution in [2.24, 2.45) is 5.73 Å². The van der Waals surface area contributed by atoms with Crippen LogP contribution in [0.15, 0.2) is 42.7 Å². The molecule has 1 saturated carbocycles. The Morgan fingerprint density at radius 1 is 1.27 bits per heavy atom. The Morgan fingerprint density at radius 2 is 2.13 bits per heavy atom. The molecule has 3 nitrogen and oxygen atoms in total. The van der Waals surface area contributed by atoms with Gasteiger partial charge in [0, 0.05) is 17.9 Å². The normalized spacial score (nSPS) is 17.7. The molecule has 2 N–H and O–H groups in total. The first-order valence-electron chi connectivity index (χ1n) is 5.17. The van der Waals surface area contributed by atoms with Gasteiger partial charge in [-0.1, -0.05) is 12.1 Å². The maximum Gasteiger partial charge on any atom is 0.0648 e. The Labute approximate surface area is 88.5 Å². The first kappa shape index (κ1) is 8.68. The van der Waals surface area contributed by atoms with Crippen molar-refractivity contribution in [2.45, 2.75) is 18.4 Å². The first-order valence-corrected chi connectivity index (χ1v) is 5.17. The third-order valence-electron chi connectivity index (χ3n) is 2.98. The molecule has 1 heterocycles. The molecule has 3 heteroatoms. The van der Waals surface area contributed by atoms with Crippen molar-refractivity contribution in [1.29, 1.82) is 0 Å². The summed E-state index contributed by atoms with van der Waals surface area (Å²) in [6.07, 6.45) is 5.91. The highest BCUT2D eigenvalue weighted by atomic mass is 15.3. The highest BCUT2D eigenvalue weighted by Crippen LogP contribution is 2.42. The predicted octanol–water partition coefficient (Wildman–Crippen LogP) is 1.82. The van der Waals surface area contributed by atoms with E-state index in [-0.39, 0.29) is 5.54 Å². The monoisotopic (exact) mass is 199 g/mol. The van der Waals surface area contributed by atoms with Gasteiger partial charge in [0.2, 0.25) is 0 Å². The summed E-state index contributed by atoms with van der Waals surface area (Å²) in [7, 11) is 0. The van der Waals surface area contributed by atoms with Crippen molar-refractivity contribution in [2.75, 3.05) is 0 Å². The van der Waals surface area contributed by atoms with Crippen LogP contribution in [0.5, 0.6) is 0 Å². The van der Waals surface area contributed by atoms with Crippen molar-refractivity contribution in [3.05, 3.63) is 48.3 Å². The summed E-state index contributed by atoms with van der Waals surface area (Å²) < 4.78 is 1.86. The second-order valence-corrected chi connectivity index (χ2v) is 4.16. The van der Waals surface area contributed by atoms with Gasteiger partial charge in [0.1, 0.15) is 0 Å². The van der Waals surface area contributed by atoms with Crippen LogP contribution in [0, 0.1) is 0 Å². The molecule has 3 rings (SSSR count). The zero-order valence-electron chi connectivity index (χ0n) is 8.43. The number of benzene rings is 1. The molecule has 0 unspecified atom stereocenters. The molecule has 0 aliphatic heterocycles. The number of hydrogen-bond acceptors (Lipinski definition) is 2. The largest absolute Gasteiger partial charge is 0.321 e. The zero-order chi connectivity index (χ0) is 10.3. The molecule has 1 aliphatic carbocycles. The van der Waals surface area contributed by atoms with Gasteiger partial charge in [-0.15, -0.1) is 0 Å². The second-order valence-electron chi connectivity index (χ2n) is 4.16. The number of aromatic nitrogens is 2. The van der Waals surface area contributed by atoms with Gasteiger partial charge in [-0.3, -0.25) is 0 Å². The third kappa shape index (κ3) is 1.45. The molecule has 0 amide bonds. The summed E-state index contributed by atoms with van der Waals surface area (Å²) in [6, 6.07) is 10.2. The fraction of sp³-hybridized carbons (Fsp3) is 0.250. The van der Waals surface area contributed by atoms with Crippen LogP contribution in [0.1, 0.15) is 18.4 Å². The molecule has 0 spiro atoms. The molecule has 0 atom stereocenters. The lowest BCUT2D eigenvalue weighted by Crippen LogP contribution is -2.18. The maximum absolute atomic E-state index is 6.16. The molecule has 0 radical (unpaired) electrons. The summed E-state index contributed by atoms with van der Waals surface area (Å²) in [5, 5.41) is 4.21. The van der Waals surface area contributed by atoms with Gasteiger partial charge in [0.05, 0.1) is 5.69 Å². The van der Waals surface area contributed by atoms with E-state index in [0.29, 0.717) is 0 Å². The number of rotatable bonds is 2. The van der Waals surface area contributed by atoms with Gasteiger partial charge >= 0.3 is 0 Å². The van der Waals surface area contributed by atoms with Crippen molar-refractivity contribution < 1.29 is 0 Å². The summed E-state index contributed by atoms with van der Waals surface area (Å²) in [5.74, 6) is 0. The number of nitrogens with zero attached hydrogens (tertiary/aromatic N) is 2. The Hall–Kier alpha value is -1.61. The average Bonchev–Trinajstić information content (AvgIpc) is 2.84. The summed E-state index contributed by atoms with van der Waals surface area (Å²) in [5.41, 5.74) is 8.39. The molecule has 1 aromatic heterocycles. The van der Waals surface area contributed by atoms with Crippen LogP contribution < -0.4 is 5.73 Å². The standard InChI is InChI=1S/C12H13N3/c13-12(5-6-12)10-3-1-4-11(9-10)15-8-2-7-14-15/h1-4,7-9H,5-6,13H2. The van der Waals surface area contributed by atoms with Crippen molar-refractivity contribution >= 4 is 0 Å². The third-order valence-corrected chi connectivity index (χ3v) is 2.98. The fourth-order valence-electron chi connectivity index (χ4n) is 1.80. The van der Waals surface area contributed by atoms with Crippen molar-refractivity contribution in [1.82, 2.24) is 9.78 Å². The first-order chi connectivity index (χ1) is 7.28. The van der Waals surface area contributed by atoms with E-state index in [1.165, 1.54) is 5.56 Å². The SMILES string of the molecule is NC1(c2cccc(-n3cccn3)c2)CC1. The average molecular weight is 199 g/mol. The number of hydrogen-bond donors (Lipinski definition) is 1. The van der Waals surface area contributed by atoms with Crippen LogP contribution in [0.3, 0.4) is 0 Å². The van der Waals surface area contributed by atoms with E-state index in [4.69, 9.17) is 5.73 Å². The Bertz CT molecular complexity index is 469. The van der Waals surface area contributed by atoms with E-state index in [9.17, 15) is 0 Å². The van der Waals surface area contributed by atoms with Crippen LogP contribution >= 0.6 is 0 Å². The van der Waals surface area contributed by atoms with Crippen molar-refractivity contribution in [3.63, 3.8) is 0 Å². The van der Waals surface area contributed by atoms with E-state index >= 15 is 0 Å². The van der Waals surface area contributed by atoms with Crippen molar-refractivity contribution in [3.8, 4) is 5.69 Å². The number of nitrogens with two attached hydrogens (primary N) is 1. The maximum atomic E-state index is 6.16. The lowest BCUT2D eigenvalue weighted by Gasteiger charge is -2.10. The smallest absolute Gasteiger partial charge is 0.0648 e. The van der Waals surface area contributed by atoms with E-state index < -0.39 is 0 Å². The lowest BCUT2D eigenvalue weighted by molar-refractivity contribution is 0.736. The Morgan fingerprint density at radius 3 is 2.80 bits per heavy atom. The predicted molar refractivity (Wildman–Crippen MR) is 58.7 cm³/mol. The van der Waals surface area contributed by atoms with Crippen LogP contribution in [0.2, 0.25) is 0 Å². The van der Waals surface area contributed by atoms with E-state index in [1.807, 2.05) is 29.1 Å². The topological polar surface area (TPSA) is 43.8 Å². The van der Waals surface area contributed by atoms with Crippen LogP contribution in [-0.2, 0) is 5.54 Å². The zero-order valence-corrected chi connectivity index (χ0v) is 8.43. The van der Waals surface area contributed by atoms with Crippen LogP contribution in [0.25, 0.3) is 5.69 Å². The van der Waals surface area contributed by atoms with Gasteiger partial charge < -0.3 is 5.73 Å². The van der Waals surface area contributed by atoms with E-state index in [2.05, 4.69) is 17.2 Å². The molecule has 76 valence electrons. The minimum absolute atomic E-state index is 0.0663. The Balaban J connectivity index is 2.04. The molecule has 15 heavy (non-hydrogen) atoms. The highest BCUT2D eigenvalue weighted by molar-refractivity contribution is 5.40. The molecule has 0 bridgehead atoms. The van der Waals surface area contributed by atoms with E-state index in [0.717, 1.165) is 18.5 Å².